The molecule has 1 aromatic carbocycles. The molecule has 0 heterocycles. The number of carbonyl (C=O) groups is 1. The van der Waals surface area contributed by atoms with Crippen molar-refractivity contribution in [2.75, 3.05) is 12.0 Å². The van der Waals surface area contributed by atoms with Gasteiger partial charge in [-0.2, -0.15) is 10.2 Å². The van der Waals surface area contributed by atoms with Gasteiger partial charge in [0, 0.05) is 0 Å². The summed E-state index contributed by atoms with van der Waals surface area (Å²) >= 11 is 16.6. The molecule has 0 saturated carbocycles. The van der Waals surface area contributed by atoms with E-state index in [0.717, 1.165) is 0 Å². The third-order valence-electron chi connectivity index (χ3n) is 2.39. The van der Waals surface area contributed by atoms with Gasteiger partial charge in [-0.15, -0.1) is 0 Å². The van der Waals surface area contributed by atoms with Crippen molar-refractivity contribution in [3.05, 3.63) is 28.2 Å². The molecule has 7 nitrogen and oxygen atoms in total. The predicted octanol–water partition coefficient (Wildman–Crippen LogP) is 2.53. The van der Waals surface area contributed by atoms with Crippen molar-refractivity contribution in [2.24, 2.45) is 15.9 Å². The summed E-state index contributed by atoms with van der Waals surface area (Å²) in [5.41, 5.74) is 10.9. The number of rotatable bonds is 6. The van der Waals surface area contributed by atoms with Crippen LogP contribution in [0.4, 0.5) is 5.69 Å². The maximum atomic E-state index is 12.0. The van der Waals surface area contributed by atoms with Crippen LogP contribution in [0.5, 0.6) is 0 Å². The van der Waals surface area contributed by atoms with Crippen LogP contribution < -0.4 is 16.6 Å². The Morgan fingerprint density at radius 2 is 2.09 bits per heavy atom. The molecule has 0 aromatic heterocycles. The number of anilines is 1. The molecule has 0 aliphatic heterocycles. The molecule has 0 spiro atoms. The molecule has 1 aromatic rings. The minimum Gasteiger partial charge on any atom is -0.461 e. The van der Waals surface area contributed by atoms with Gasteiger partial charge in [0.2, 0.25) is 0 Å². The molecule has 23 heavy (non-hydrogen) atoms. The normalized spacial score (nSPS) is 11.8. The average molecular weight is 376 g/mol. The Hall–Kier alpha value is -1.90. The molecule has 0 aliphatic carbocycles. The molecule has 0 bridgehead atoms. The zero-order chi connectivity index (χ0) is 17.4. The van der Waals surface area contributed by atoms with Crippen LogP contribution in [0.1, 0.15) is 13.8 Å². The second-order valence-electron chi connectivity index (χ2n) is 4.07. The zero-order valence-electron chi connectivity index (χ0n) is 12.4. The lowest BCUT2D eigenvalue weighted by atomic mass is 10.2. The summed E-state index contributed by atoms with van der Waals surface area (Å²) in [5.74, 6) is -0.663. The predicted molar refractivity (Wildman–Crippen MR) is 97.2 cm³/mol. The number of nitrogens with zero attached hydrogens (tertiary/aromatic N) is 2. The topological polar surface area (TPSA) is 101 Å². The molecule has 0 fully saturated rings. The highest BCUT2D eigenvalue weighted by molar-refractivity contribution is 7.80. The first-order valence-electron chi connectivity index (χ1n) is 6.41. The van der Waals surface area contributed by atoms with Crippen LogP contribution in [0.2, 0.25) is 10.0 Å². The van der Waals surface area contributed by atoms with Crippen molar-refractivity contribution in [1.29, 1.82) is 0 Å². The van der Waals surface area contributed by atoms with E-state index in [1.54, 1.807) is 32.0 Å². The minimum atomic E-state index is -0.663. The highest BCUT2D eigenvalue weighted by Gasteiger charge is 2.17. The second kappa shape index (κ2) is 9.29. The van der Waals surface area contributed by atoms with Gasteiger partial charge in [-0.3, -0.25) is 10.9 Å². The maximum Gasteiger partial charge on any atom is 0.360 e. The van der Waals surface area contributed by atoms with Crippen LogP contribution in [0.25, 0.3) is 0 Å². The third-order valence-corrected chi connectivity index (χ3v) is 3.30. The summed E-state index contributed by atoms with van der Waals surface area (Å²) in [6, 6.07) is 4.97. The fourth-order valence-corrected chi connectivity index (χ4v) is 1.76. The number of nitrogens with two attached hydrogens (primary N) is 1. The number of hydrogen-bond donors (Lipinski definition) is 3. The number of hydrazone groups is 2. The van der Waals surface area contributed by atoms with Crippen LogP contribution in [-0.2, 0) is 9.53 Å². The van der Waals surface area contributed by atoms with Crippen molar-refractivity contribution in [2.45, 2.75) is 13.8 Å². The Balaban J connectivity index is 3.08. The lowest BCUT2D eigenvalue weighted by Gasteiger charge is -2.08. The van der Waals surface area contributed by atoms with E-state index < -0.39 is 5.97 Å². The Morgan fingerprint density at radius 3 is 2.70 bits per heavy atom. The number of carbonyl (C=O) groups excluding carboxylic acids is 1. The molecule has 10 heteroatoms. The lowest BCUT2D eigenvalue weighted by molar-refractivity contribution is -0.134. The van der Waals surface area contributed by atoms with Gasteiger partial charge in [0.25, 0.3) is 0 Å². The van der Waals surface area contributed by atoms with Crippen molar-refractivity contribution in [3.63, 3.8) is 0 Å². The highest BCUT2D eigenvalue weighted by atomic mass is 35.5. The van der Waals surface area contributed by atoms with E-state index in [-0.39, 0.29) is 28.2 Å². The van der Waals surface area contributed by atoms with Crippen LogP contribution >= 0.6 is 35.4 Å². The van der Waals surface area contributed by atoms with E-state index in [4.69, 9.17) is 33.7 Å². The number of ether oxygens (including phenoxy) is 1. The summed E-state index contributed by atoms with van der Waals surface area (Å²) in [5, 5.41) is 8.42. The fourth-order valence-electron chi connectivity index (χ4n) is 1.37. The summed E-state index contributed by atoms with van der Waals surface area (Å²) < 4.78 is 4.93. The van der Waals surface area contributed by atoms with Crippen LogP contribution in [0.15, 0.2) is 28.4 Å². The number of halogens is 2. The average Bonchev–Trinajstić information content (AvgIpc) is 2.49. The molecule has 124 valence electrons. The summed E-state index contributed by atoms with van der Waals surface area (Å²) in [6.45, 7) is 3.41. The number of thiocarbonyl (C=S) groups is 1. The van der Waals surface area contributed by atoms with E-state index in [2.05, 4.69) is 33.3 Å². The van der Waals surface area contributed by atoms with Crippen molar-refractivity contribution >= 4 is 63.6 Å². The van der Waals surface area contributed by atoms with E-state index >= 15 is 0 Å². The molecule has 0 aliphatic rings. The van der Waals surface area contributed by atoms with Gasteiger partial charge in [-0.05, 0) is 38.2 Å². The maximum absolute atomic E-state index is 12.0. The standard InChI is InChI=1S/C13H15Cl2N5O2S/c1-3-22-12(21)11(7(2)17-20-13(16)23)19-18-9-6-4-5-8(14)10(9)15/h4-6,18H,3H2,1-2H3,(H3,16,20,23)/b17-7+,19-11+. The lowest BCUT2D eigenvalue weighted by Crippen LogP contribution is -2.30. The van der Waals surface area contributed by atoms with E-state index in [9.17, 15) is 4.79 Å². The van der Waals surface area contributed by atoms with Crippen molar-refractivity contribution in [3.8, 4) is 0 Å². The number of hydrogen-bond acceptors (Lipinski definition) is 6. The van der Waals surface area contributed by atoms with Crippen molar-refractivity contribution in [1.82, 2.24) is 5.43 Å². The molecular formula is C13H15Cl2N5O2S. The second-order valence-corrected chi connectivity index (χ2v) is 5.29. The number of benzene rings is 1. The van der Waals surface area contributed by atoms with Crippen LogP contribution in [0.3, 0.4) is 0 Å². The Bertz CT molecular complexity index is 664. The minimum absolute atomic E-state index is 0.0431. The summed E-state index contributed by atoms with van der Waals surface area (Å²) in [6.07, 6.45) is 0. The van der Waals surface area contributed by atoms with Gasteiger partial charge < -0.3 is 10.5 Å². The SMILES string of the molecule is CCOC(=O)C(=N/Nc1cccc(Cl)c1Cl)/C(C)=N/NC(N)=S. The first-order valence-corrected chi connectivity index (χ1v) is 7.58. The molecule has 0 saturated heterocycles. The Morgan fingerprint density at radius 1 is 1.39 bits per heavy atom. The number of esters is 1. The van der Waals surface area contributed by atoms with Gasteiger partial charge in [-0.1, -0.05) is 29.3 Å². The molecule has 0 atom stereocenters. The third kappa shape index (κ3) is 6.01. The largest absolute Gasteiger partial charge is 0.461 e. The first kappa shape index (κ1) is 19.1. The smallest absolute Gasteiger partial charge is 0.360 e. The zero-order valence-corrected chi connectivity index (χ0v) is 14.7. The Kier molecular flexibility index (Phi) is 7.73. The monoisotopic (exact) mass is 375 g/mol. The molecule has 0 unspecified atom stereocenters. The van der Waals surface area contributed by atoms with Gasteiger partial charge in [0.1, 0.15) is 0 Å². The summed E-state index contributed by atoms with van der Waals surface area (Å²) in [7, 11) is 0. The molecule has 0 amide bonds. The van der Waals surface area contributed by atoms with Crippen molar-refractivity contribution < 1.29 is 9.53 Å². The van der Waals surface area contributed by atoms with Gasteiger partial charge in [0.15, 0.2) is 10.8 Å². The van der Waals surface area contributed by atoms with Gasteiger partial charge in [0.05, 0.1) is 28.1 Å². The van der Waals surface area contributed by atoms with Gasteiger partial charge >= 0.3 is 5.97 Å². The van der Waals surface area contributed by atoms with Gasteiger partial charge in [-0.25, -0.2) is 4.79 Å². The van der Waals surface area contributed by atoms with E-state index in [0.29, 0.717) is 10.7 Å². The van der Waals surface area contributed by atoms with E-state index in [1.807, 2.05) is 0 Å². The molecule has 4 N–H and O–H groups in total. The molecule has 1 rings (SSSR count). The van der Waals surface area contributed by atoms with E-state index in [1.165, 1.54) is 0 Å². The Labute approximate surface area is 148 Å². The molecular weight excluding hydrogens is 361 g/mol. The number of nitrogens with one attached hydrogen (secondary N) is 2. The summed E-state index contributed by atoms with van der Waals surface area (Å²) in [4.78, 5) is 12.0. The highest BCUT2D eigenvalue weighted by Crippen LogP contribution is 2.29. The fraction of sp³-hybridized carbons (Fsp3) is 0.231. The van der Waals surface area contributed by atoms with Crippen LogP contribution in [-0.4, -0.2) is 29.1 Å². The molecule has 0 radical (unpaired) electrons. The first-order chi connectivity index (χ1) is 10.9. The van der Waals surface area contributed by atoms with Crippen LogP contribution in [0, 0.1) is 0 Å². The quantitative estimate of drug-likeness (QED) is 0.305.